The summed E-state index contributed by atoms with van der Waals surface area (Å²) in [5.74, 6) is -1.44. The van der Waals surface area contributed by atoms with Crippen molar-refractivity contribution in [3.63, 3.8) is 0 Å². The molecule has 2 atom stereocenters. The molecular formula is C17H19F2N3O2. The smallest absolute Gasteiger partial charge is 0.244 e. The Morgan fingerprint density at radius 2 is 2.08 bits per heavy atom. The largest absolute Gasteiger partial charge is 0.391 e. The monoisotopic (exact) mass is 335 g/mol. The Morgan fingerprint density at radius 3 is 2.75 bits per heavy atom. The molecule has 1 aromatic carbocycles. The molecule has 1 aliphatic heterocycles. The van der Waals surface area contributed by atoms with Gasteiger partial charge in [0.05, 0.1) is 17.8 Å². The summed E-state index contributed by atoms with van der Waals surface area (Å²) in [6, 6.07) is 4.34. The topological polar surface area (TPSA) is 58.4 Å². The third-order valence-electron chi connectivity index (χ3n) is 4.30. The van der Waals surface area contributed by atoms with Gasteiger partial charge in [-0.1, -0.05) is 0 Å². The minimum Gasteiger partial charge on any atom is -0.391 e. The van der Waals surface area contributed by atoms with Crippen LogP contribution in [0.2, 0.25) is 0 Å². The number of aryl methyl sites for hydroxylation is 2. The molecule has 0 aliphatic carbocycles. The normalized spacial score (nSPS) is 20.6. The molecule has 1 fully saturated rings. The second kappa shape index (κ2) is 6.32. The molecular weight excluding hydrogens is 316 g/mol. The van der Waals surface area contributed by atoms with Crippen LogP contribution in [-0.2, 0) is 11.3 Å². The van der Waals surface area contributed by atoms with Crippen molar-refractivity contribution in [2.75, 3.05) is 6.54 Å². The Balaban J connectivity index is 1.86. The number of aliphatic hydroxyl groups excluding tert-OH is 1. The van der Waals surface area contributed by atoms with Gasteiger partial charge < -0.3 is 10.0 Å². The van der Waals surface area contributed by atoms with Crippen molar-refractivity contribution < 1.29 is 18.7 Å². The zero-order valence-corrected chi connectivity index (χ0v) is 13.5. The number of aromatic nitrogens is 2. The van der Waals surface area contributed by atoms with Gasteiger partial charge in [0.1, 0.15) is 18.2 Å². The summed E-state index contributed by atoms with van der Waals surface area (Å²) in [6.45, 7) is 3.77. The molecule has 1 N–H and O–H groups in total. The number of amides is 1. The van der Waals surface area contributed by atoms with Gasteiger partial charge in [0, 0.05) is 17.8 Å². The lowest BCUT2D eigenvalue weighted by Gasteiger charge is -2.25. The van der Waals surface area contributed by atoms with E-state index in [1.54, 1.807) is 4.68 Å². The summed E-state index contributed by atoms with van der Waals surface area (Å²) in [4.78, 5) is 14.0. The fourth-order valence-corrected chi connectivity index (χ4v) is 3.21. The number of benzene rings is 1. The fraction of sp³-hybridized carbons (Fsp3) is 0.412. The maximum Gasteiger partial charge on any atom is 0.244 e. The molecule has 2 aromatic rings. The minimum atomic E-state index is -0.762. The Bertz CT molecular complexity index is 775. The van der Waals surface area contributed by atoms with Gasteiger partial charge in [-0.05, 0) is 44.5 Å². The van der Waals surface area contributed by atoms with E-state index in [-0.39, 0.29) is 31.0 Å². The van der Waals surface area contributed by atoms with E-state index in [0.717, 1.165) is 29.6 Å². The molecule has 0 unspecified atom stereocenters. The number of carbonyl (C=O) groups is 1. The number of halogens is 2. The molecule has 0 spiro atoms. The van der Waals surface area contributed by atoms with Crippen LogP contribution in [0.4, 0.5) is 8.78 Å². The van der Waals surface area contributed by atoms with Crippen molar-refractivity contribution >= 4 is 5.91 Å². The Hall–Kier alpha value is -2.28. The van der Waals surface area contributed by atoms with Gasteiger partial charge in [-0.3, -0.25) is 9.48 Å². The number of rotatable bonds is 3. The highest BCUT2D eigenvalue weighted by Gasteiger charge is 2.37. The molecule has 1 aliphatic rings. The fourth-order valence-electron chi connectivity index (χ4n) is 3.21. The predicted molar refractivity (Wildman–Crippen MR) is 83.1 cm³/mol. The van der Waals surface area contributed by atoms with E-state index in [1.165, 1.54) is 4.90 Å². The Labute approximate surface area is 138 Å². The summed E-state index contributed by atoms with van der Waals surface area (Å²) in [5.41, 5.74) is 1.73. The number of β-amino-alcohol motifs (C(OH)–C–C–N with tert-alkyl or cyclic N) is 1. The van der Waals surface area contributed by atoms with Crippen LogP contribution in [0.1, 0.15) is 29.4 Å². The minimum absolute atomic E-state index is 0.000171. The molecule has 5 nitrogen and oxygen atoms in total. The highest BCUT2D eigenvalue weighted by atomic mass is 19.1. The Morgan fingerprint density at radius 1 is 1.33 bits per heavy atom. The van der Waals surface area contributed by atoms with Gasteiger partial charge in [-0.25, -0.2) is 8.78 Å². The second-order valence-corrected chi connectivity index (χ2v) is 6.20. The first-order valence-electron chi connectivity index (χ1n) is 7.78. The van der Waals surface area contributed by atoms with Gasteiger partial charge in [0.2, 0.25) is 5.91 Å². The lowest BCUT2D eigenvalue weighted by atomic mass is 10.0. The van der Waals surface area contributed by atoms with Crippen LogP contribution >= 0.6 is 0 Å². The van der Waals surface area contributed by atoms with E-state index in [4.69, 9.17) is 0 Å². The maximum atomic E-state index is 14.1. The SMILES string of the molecule is Cc1cc(C)n(CC(=O)N2C[C@@H](O)C[C@@H]2c2cc(F)ccc2F)n1. The molecule has 3 rings (SSSR count). The average molecular weight is 335 g/mol. The van der Waals surface area contributed by atoms with Crippen LogP contribution in [-0.4, -0.2) is 38.3 Å². The average Bonchev–Trinajstić information content (AvgIpc) is 3.04. The van der Waals surface area contributed by atoms with E-state index < -0.39 is 23.8 Å². The lowest BCUT2D eigenvalue weighted by Crippen LogP contribution is -2.35. The standard InChI is InChI=1S/C17H19F2N3O2/c1-10-5-11(2)22(20-10)9-17(24)21-8-13(23)7-16(21)14-6-12(18)3-4-15(14)19/h3-6,13,16,23H,7-9H2,1-2H3/t13-,16+/m0/s1. The van der Waals surface area contributed by atoms with Crippen LogP contribution < -0.4 is 0 Å². The summed E-state index contributed by atoms with van der Waals surface area (Å²) >= 11 is 0. The van der Waals surface area contributed by atoms with Crippen molar-refractivity contribution in [2.24, 2.45) is 0 Å². The number of carbonyl (C=O) groups excluding carboxylic acids is 1. The van der Waals surface area contributed by atoms with Crippen molar-refractivity contribution in [1.29, 1.82) is 0 Å². The van der Waals surface area contributed by atoms with Crippen molar-refractivity contribution in [3.8, 4) is 0 Å². The molecule has 128 valence electrons. The maximum absolute atomic E-state index is 14.1. The molecule has 24 heavy (non-hydrogen) atoms. The Kier molecular flexibility index (Phi) is 4.36. The number of hydrogen-bond acceptors (Lipinski definition) is 3. The first-order chi connectivity index (χ1) is 11.3. The zero-order valence-electron chi connectivity index (χ0n) is 13.5. The van der Waals surface area contributed by atoms with Crippen LogP contribution in [0.5, 0.6) is 0 Å². The summed E-state index contributed by atoms with van der Waals surface area (Å²) in [7, 11) is 0. The molecule has 0 saturated carbocycles. The highest BCUT2D eigenvalue weighted by Crippen LogP contribution is 2.34. The number of likely N-dealkylation sites (tertiary alicyclic amines) is 1. The summed E-state index contributed by atoms with van der Waals surface area (Å²) in [5, 5.41) is 14.2. The first kappa shape index (κ1) is 16.6. The third kappa shape index (κ3) is 3.17. The van der Waals surface area contributed by atoms with Crippen LogP contribution in [0.15, 0.2) is 24.3 Å². The van der Waals surface area contributed by atoms with E-state index in [1.807, 2.05) is 19.9 Å². The second-order valence-electron chi connectivity index (χ2n) is 6.20. The van der Waals surface area contributed by atoms with Gasteiger partial charge in [-0.15, -0.1) is 0 Å². The van der Waals surface area contributed by atoms with Crippen LogP contribution in [0.25, 0.3) is 0 Å². The van der Waals surface area contributed by atoms with Crippen LogP contribution in [0, 0.1) is 25.5 Å². The van der Waals surface area contributed by atoms with Gasteiger partial charge >= 0.3 is 0 Å². The zero-order chi connectivity index (χ0) is 17.4. The van der Waals surface area contributed by atoms with Gasteiger partial charge in [0.15, 0.2) is 0 Å². The van der Waals surface area contributed by atoms with E-state index >= 15 is 0 Å². The quantitative estimate of drug-likeness (QED) is 0.935. The summed E-state index contributed by atoms with van der Waals surface area (Å²) < 4.78 is 29.1. The first-order valence-corrected chi connectivity index (χ1v) is 7.78. The molecule has 0 bridgehead atoms. The molecule has 7 heteroatoms. The van der Waals surface area contributed by atoms with E-state index in [2.05, 4.69) is 5.10 Å². The number of aliphatic hydroxyl groups is 1. The van der Waals surface area contributed by atoms with E-state index in [0.29, 0.717) is 0 Å². The number of hydrogen-bond donors (Lipinski definition) is 1. The van der Waals surface area contributed by atoms with Crippen molar-refractivity contribution in [3.05, 3.63) is 52.9 Å². The summed E-state index contributed by atoms with van der Waals surface area (Å²) in [6.07, 6.45) is -0.578. The van der Waals surface area contributed by atoms with Gasteiger partial charge in [-0.2, -0.15) is 5.10 Å². The highest BCUT2D eigenvalue weighted by molar-refractivity contribution is 5.77. The third-order valence-corrected chi connectivity index (χ3v) is 4.30. The molecule has 2 heterocycles. The molecule has 1 saturated heterocycles. The molecule has 1 aromatic heterocycles. The number of nitrogens with zero attached hydrogens (tertiary/aromatic N) is 3. The van der Waals surface area contributed by atoms with Crippen LogP contribution in [0.3, 0.4) is 0 Å². The van der Waals surface area contributed by atoms with Gasteiger partial charge in [0.25, 0.3) is 0 Å². The van der Waals surface area contributed by atoms with E-state index in [9.17, 15) is 18.7 Å². The predicted octanol–water partition coefficient (Wildman–Crippen LogP) is 2.11. The lowest BCUT2D eigenvalue weighted by molar-refractivity contribution is -0.133. The molecule has 0 radical (unpaired) electrons. The van der Waals surface area contributed by atoms with Crippen molar-refractivity contribution in [2.45, 2.75) is 39.0 Å². The van der Waals surface area contributed by atoms with Crippen molar-refractivity contribution in [1.82, 2.24) is 14.7 Å². The molecule has 1 amide bonds.